The third-order valence-electron chi connectivity index (χ3n) is 4.39. The number of carbonyl (C=O) groups excluding carboxylic acids is 1. The number of nitrogens with zero attached hydrogens (tertiary/aromatic N) is 1. The summed E-state index contributed by atoms with van der Waals surface area (Å²) in [5, 5.41) is 29.9. The van der Waals surface area contributed by atoms with Gasteiger partial charge in [-0.2, -0.15) is 0 Å². The van der Waals surface area contributed by atoms with Crippen LogP contribution in [0, 0.1) is 0 Å². The minimum absolute atomic E-state index is 0.0108. The van der Waals surface area contributed by atoms with E-state index < -0.39 is 31.0 Å². The first-order valence-corrected chi connectivity index (χ1v) is 8.15. The van der Waals surface area contributed by atoms with Crippen LogP contribution in [-0.4, -0.2) is 58.8 Å². The zero-order valence-corrected chi connectivity index (χ0v) is 13.6. The molecule has 6 nitrogen and oxygen atoms in total. The van der Waals surface area contributed by atoms with Crippen LogP contribution in [0.25, 0.3) is 0 Å². The van der Waals surface area contributed by atoms with E-state index in [-0.39, 0.29) is 12.5 Å². The van der Waals surface area contributed by atoms with Gasteiger partial charge in [0.05, 0.1) is 19.3 Å². The van der Waals surface area contributed by atoms with Crippen LogP contribution >= 0.6 is 0 Å². The molecule has 3 N–H and O–H groups in total. The highest BCUT2D eigenvalue weighted by atomic mass is 16.5. The van der Waals surface area contributed by atoms with Crippen LogP contribution in [-0.2, 0) is 4.74 Å². The van der Waals surface area contributed by atoms with Crippen molar-refractivity contribution in [3.8, 4) is 0 Å². The largest absolute Gasteiger partial charge is 0.394 e. The maximum Gasteiger partial charge on any atom is 0.258 e. The number of anilines is 1. The van der Waals surface area contributed by atoms with Crippen LogP contribution in [0.4, 0.5) is 5.69 Å². The van der Waals surface area contributed by atoms with E-state index >= 15 is 0 Å². The third kappa shape index (κ3) is 3.57. The van der Waals surface area contributed by atoms with Gasteiger partial charge >= 0.3 is 0 Å². The van der Waals surface area contributed by atoms with Crippen LogP contribution in [0.15, 0.2) is 60.7 Å². The number of carbonyl (C=O) groups is 1. The second-order valence-electron chi connectivity index (χ2n) is 5.98. The predicted octanol–water partition coefficient (Wildman–Crippen LogP) is 0.815. The lowest BCUT2D eigenvalue weighted by Crippen LogP contribution is -2.61. The van der Waals surface area contributed by atoms with E-state index in [2.05, 4.69) is 0 Å². The van der Waals surface area contributed by atoms with E-state index in [0.29, 0.717) is 11.3 Å². The Bertz CT molecular complexity index is 693. The van der Waals surface area contributed by atoms with Crippen molar-refractivity contribution in [3.05, 3.63) is 66.2 Å². The van der Waals surface area contributed by atoms with Crippen molar-refractivity contribution < 1.29 is 24.9 Å². The molecule has 0 unspecified atom stereocenters. The van der Waals surface area contributed by atoms with Crippen molar-refractivity contribution in [2.24, 2.45) is 0 Å². The number of benzene rings is 2. The maximum atomic E-state index is 13.1. The first kappa shape index (κ1) is 17.6. The summed E-state index contributed by atoms with van der Waals surface area (Å²) >= 11 is 0. The Hall–Kier alpha value is -2.25. The predicted molar refractivity (Wildman–Crippen MR) is 92.3 cm³/mol. The molecule has 1 saturated heterocycles. The van der Waals surface area contributed by atoms with E-state index in [1.54, 1.807) is 48.5 Å². The van der Waals surface area contributed by atoms with E-state index in [9.17, 15) is 20.1 Å². The highest BCUT2D eigenvalue weighted by Crippen LogP contribution is 2.26. The summed E-state index contributed by atoms with van der Waals surface area (Å²) in [5.41, 5.74) is 1.07. The summed E-state index contributed by atoms with van der Waals surface area (Å²) < 4.78 is 5.46. The number of aliphatic hydroxyl groups is 3. The topological polar surface area (TPSA) is 90.2 Å². The second kappa shape index (κ2) is 7.76. The Morgan fingerprint density at radius 1 is 1.00 bits per heavy atom. The molecule has 1 aliphatic rings. The smallest absolute Gasteiger partial charge is 0.258 e. The van der Waals surface area contributed by atoms with E-state index in [0.717, 1.165) is 0 Å². The average molecular weight is 343 g/mol. The number of amides is 1. The highest BCUT2D eigenvalue weighted by molar-refractivity contribution is 6.06. The summed E-state index contributed by atoms with van der Waals surface area (Å²) in [6.45, 7) is -0.389. The van der Waals surface area contributed by atoms with Gasteiger partial charge in [-0.15, -0.1) is 0 Å². The highest BCUT2D eigenvalue weighted by Gasteiger charge is 2.43. The lowest BCUT2D eigenvalue weighted by molar-refractivity contribution is -0.155. The minimum Gasteiger partial charge on any atom is -0.394 e. The fraction of sp³-hybridized carbons (Fsp3) is 0.316. The lowest BCUT2D eigenvalue weighted by Gasteiger charge is -2.42. The van der Waals surface area contributed by atoms with E-state index in [1.165, 1.54) is 4.90 Å². The van der Waals surface area contributed by atoms with Crippen molar-refractivity contribution in [3.63, 3.8) is 0 Å². The van der Waals surface area contributed by atoms with Crippen molar-refractivity contribution in [2.75, 3.05) is 18.1 Å². The summed E-state index contributed by atoms with van der Waals surface area (Å²) in [7, 11) is 0. The molecule has 0 aromatic heterocycles. The Kier molecular flexibility index (Phi) is 5.45. The van der Waals surface area contributed by atoms with E-state index in [1.807, 2.05) is 12.1 Å². The molecule has 0 spiro atoms. The van der Waals surface area contributed by atoms with Crippen LogP contribution in [0.2, 0.25) is 0 Å². The van der Waals surface area contributed by atoms with Gasteiger partial charge < -0.3 is 25.0 Å². The molecule has 0 radical (unpaired) electrons. The van der Waals surface area contributed by atoms with Crippen LogP contribution in [0.1, 0.15) is 10.4 Å². The molecule has 0 saturated carbocycles. The van der Waals surface area contributed by atoms with Gasteiger partial charge in [0.1, 0.15) is 18.3 Å². The molecule has 6 heteroatoms. The molecule has 3 rings (SSSR count). The molecular weight excluding hydrogens is 322 g/mol. The number of rotatable bonds is 4. The molecule has 132 valence electrons. The van der Waals surface area contributed by atoms with Crippen molar-refractivity contribution in [1.82, 2.24) is 0 Å². The summed E-state index contributed by atoms with van der Waals surface area (Å²) in [5.74, 6) is -0.297. The molecule has 0 aliphatic carbocycles. The van der Waals surface area contributed by atoms with Crippen LogP contribution in [0.3, 0.4) is 0 Å². The number of para-hydroxylation sites is 1. The van der Waals surface area contributed by atoms with Crippen LogP contribution in [0.5, 0.6) is 0 Å². The van der Waals surface area contributed by atoms with Crippen LogP contribution < -0.4 is 4.90 Å². The number of aliphatic hydroxyl groups excluding tert-OH is 3. The minimum atomic E-state index is -1.28. The monoisotopic (exact) mass is 343 g/mol. The Morgan fingerprint density at radius 3 is 2.20 bits per heavy atom. The quantitative estimate of drug-likeness (QED) is 0.765. The fourth-order valence-corrected chi connectivity index (χ4v) is 3.02. The third-order valence-corrected chi connectivity index (χ3v) is 4.39. The average Bonchev–Trinajstić information content (AvgIpc) is 2.67. The standard InChI is InChI=1S/C19H21NO5/c21-11-16-18(23)17(22)15(12-25-16)20(14-9-5-2-6-10-14)19(24)13-7-3-1-4-8-13/h1-10,15-18,21-23H,11-12H2/t15-,16-,17-,18+/m1/s1. The van der Waals surface area contributed by atoms with E-state index in [4.69, 9.17) is 4.74 Å². The SMILES string of the molecule is O=C(c1ccccc1)N(c1ccccc1)[C@@H]1CO[C@H](CO)[C@H](O)[C@@H]1O. The lowest BCUT2D eigenvalue weighted by atomic mass is 9.96. The zero-order valence-electron chi connectivity index (χ0n) is 13.6. The van der Waals surface area contributed by atoms with Gasteiger partial charge in [0.2, 0.25) is 0 Å². The summed E-state index contributed by atoms with van der Waals surface area (Å²) in [6.07, 6.45) is -3.38. The van der Waals surface area contributed by atoms with Gasteiger partial charge in [-0.25, -0.2) is 0 Å². The van der Waals surface area contributed by atoms with Gasteiger partial charge in [0.25, 0.3) is 5.91 Å². The number of ether oxygens (including phenoxy) is 1. The maximum absolute atomic E-state index is 13.1. The van der Waals surface area contributed by atoms with Gasteiger partial charge in [0.15, 0.2) is 0 Å². The molecule has 1 heterocycles. The molecule has 0 bridgehead atoms. The Labute approximate surface area is 145 Å². The van der Waals surface area contributed by atoms with Gasteiger partial charge in [-0.05, 0) is 24.3 Å². The van der Waals surface area contributed by atoms with Gasteiger partial charge in [-0.1, -0.05) is 36.4 Å². The number of hydrogen-bond acceptors (Lipinski definition) is 5. The fourth-order valence-electron chi connectivity index (χ4n) is 3.02. The molecular formula is C19H21NO5. The first-order chi connectivity index (χ1) is 12.1. The molecule has 25 heavy (non-hydrogen) atoms. The summed E-state index contributed by atoms with van der Waals surface area (Å²) in [6, 6.07) is 16.9. The first-order valence-electron chi connectivity index (χ1n) is 8.15. The van der Waals surface area contributed by atoms with Gasteiger partial charge in [-0.3, -0.25) is 4.79 Å². The molecule has 1 amide bonds. The second-order valence-corrected chi connectivity index (χ2v) is 5.98. The molecule has 4 atom stereocenters. The Morgan fingerprint density at radius 2 is 1.60 bits per heavy atom. The van der Waals surface area contributed by atoms with Crippen molar-refractivity contribution >= 4 is 11.6 Å². The molecule has 1 aliphatic heterocycles. The van der Waals surface area contributed by atoms with Crippen molar-refractivity contribution in [2.45, 2.75) is 24.4 Å². The zero-order chi connectivity index (χ0) is 17.8. The number of hydrogen-bond donors (Lipinski definition) is 3. The molecule has 2 aromatic rings. The molecule has 2 aromatic carbocycles. The summed E-state index contributed by atoms with van der Waals surface area (Å²) in [4.78, 5) is 14.5. The van der Waals surface area contributed by atoms with Gasteiger partial charge in [0, 0.05) is 11.3 Å². The normalized spacial score (nSPS) is 26.2. The van der Waals surface area contributed by atoms with Crippen molar-refractivity contribution in [1.29, 1.82) is 0 Å². The Balaban J connectivity index is 1.96. The molecule has 1 fully saturated rings.